The van der Waals surface area contributed by atoms with Gasteiger partial charge < -0.3 is 13.3 Å². The van der Waals surface area contributed by atoms with E-state index in [0.717, 1.165) is 155 Å². The summed E-state index contributed by atoms with van der Waals surface area (Å²) in [6.45, 7) is 13.8. The van der Waals surface area contributed by atoms with Gasteiger partial charge in [-0.1, -0.05) is 357 Å². The molecule has 626 valence electrons. The van der Waals surface area contributed by atoms with Crippen LogP contribution in [0.2, 0.25) is 0 Å². The molecule has 0 bridgehead atoms. The molecule has 3 aliphatic rings. The van der Waals surface area contributed by atoms with E-state index in [-0.39, 0.29) is 16.2 Å². The van der Waals surface area contributed by atoms with Crippen LogP contribution >= 0.6 is 0 Å². The second kappa shape index (κ2) is 31.3. The highest BCUT2D eigenvalue weighted by molar-refractivity contribution is 6.12. The van der Waals surface area contributed by atoms with Crippen molar-refractivity contribution in [1.29, 1.82) is 0 Å². The Labute approximate surface area is 763 Å². The number of aromatic nitrogens is 8. The van der Waals surface area contributed by atoms with Gasteiger partial charge in [0.15, 0.2) is 40.8 Å². The third-order valence-electron chi connectivity index (χ3n) is 27.0. The van der Waals surface area contributed by atoms with Crippen LogP contribution in [-0.4, -0.2) is 39.9 Å². The monoisotopic (exact) mass is 1700 g/mol. The smallest absolute Gasteiger partial charge is 0.164 e. The summed E-state index contributed by atoms with van der Waals surface area (Å²) in [4.78, 5) is 39.2. The molecule has 132 heavy (non-hydrogen) atoms. The second-order valence-electron chi connectivity index (χ2n) is 36.1. The van der Waals surface area contributed by atoms with Crippen molar-refractivity contribution in [3.8, 4) is 158 Å². The van der Waals surface area contributed by atoms with E-state index in [0.29, 0.717) is 34.9 Å². The van der Waals surface area contributed by atoms with E-state index in [2.05, 4.69) is 272 Å². The van der Waals surface area contributed by atoms with Crippen LogP contribution in [0, 0.1) is 0 Å². The van der Waals surface area contributed by atoms with Crippen LogP contribution in [0.15, 0.2) is 414 Å². The molecule has 0 saturated carbocycles. The van der Waals surface area contributed by atoms with Crippen molar-refractivity contribution in [2.45, 2.75) is 57.8 Å². The standard InChI is InChI=1S/C43H30N2O.C42H29N3O.C36H25N3O/c1-43(2)36-16-10-9-15-32(36)33-24-35-34-23-31(21-22-40(34)46-41(35)25-37(33)43)27-17-19-29(20-18-27)39-26-38(28-11-5-3-6-12-28)44-42(45-39)30-13-7-4-8-14-30;1-42(2)35-16-10-9-15-31(35)32-24-34-33-23-30(21-22-37(33)46-38(34)25-36(32)42)26-17-19-29(20-18-26)41-44-39(27-11-5-3-6-12-27)43-40(45-41)28-13-7-4-8-14-28;1-36(2)29-16-10-9-15-25(29)26-20-28-27-19-24(17-18-31(27)40-32(28)21-30(26)36)35-38-33(22-11-5-3-6-12-22)37-34(39-35)23-13-7-4-8-14-23/h3-26H,1-2H3;3-25H,1-2H3;3-21H,1-2H3. The van der Waals surface area contributed by atoms with Gasteiger partial charge in [-0.25, -0.2) is 39.9 Å². The predicted octanol–water partition coefficient (Wildman–Crippen LogP) is 31.2. The summed E-state index contributed by atoms with van der Waals surface area (Å²) in [5, 5.41) is 6.72. The minimum atomic E-state index is -0.0726. The molecule has 0 spiro atoms. The summed E-state index contributed by atoms with van der Waals surface area (Å²) in [6, 6.07) is 139. The first-order chi connectivity index (χ1) is 64.6. The topological polar surface area (TPSA) is 143 Å². The molecule has 17 aromatic carbocycles. The van der Waals surface area contributed by atoms with E-state index < -0.39 is 0 Å². The van der Waals surface area contributed by atoms with Crippen LogP contribution in [0.5, 0.6) is 0 Å². The molecule has 0 saturated heterocycles. The summed E-state index contributed by atoms with van der Waals surface area (Å²) >= 11 is 0. The number of hydrogen-bond acceptors (Lipinski definition) is 11. The number of furan rings is 3. The average molecular weight is 1700 g/mol. The summed E-state index contributed by atoms with van der Waals surface area (Å²) in [6.07, 6.45) is 0. The molecule has 6 aromatic heterocycles. The lowest BCUT2D eigenvalue weighted by molar-refractivity contribution is 0.647. The lowest BCUT2D eigenvalue weighted by Gasteiger charge is -2.21. The van der Waals surface area contributed by atoms with Crippen molar-refractivity contribution in [3.63, 3.8) is 0 Å². The maximum absolute atomic E-state index is 6.42. The summed E-state index contributed by atoms with van der Waals surface area (Å²) in [5.41, 5.74) is 36.3. The van der Waals surface area contributed by atoms with Gasteiger partial charge in [0.1, 0.15) is 33.5 Å². The molecule has 11 nitrogen and oxygen atoms in total. The SMILES string of the molecule is CC1(C)c2ccccc2-c2cc3c(cc21)oc1ccc(-c2ccc(-c4cc(-c5ccccc5)nc(-c5ccccc5)n4)cc2)cc13.CC1(C)c2ccccc2-c2cc3c(cc21)oc1ccc(-c2ccc(-c4nc(-c5ccccc5)nc(-c5ccccc5)n4)cc2)cc13.CC1(C)c2ccccc2-c2cc3c(cc21)oc1ccc(-c2nc(-c4ccccc4)nc(-c4ccccc4)n2)cc13. The van der Waals surface area contributed by atoms with E-state index in [1.165, 1.54) is 66.8 Å². The fourth-order valence-electron chi connectivity index (χ4n) is 20.0. The number of benzene rings is 17. The van der Waals surface area contributed by atoms with Crippen molar-refractivity contribution in [2.75, 3.05) is 0 Å². The number of rotatable bonds is 11. The van der Waals surface area contributed by atoms with Crippen LogP contribution < -0.4 is 0 Å². The Balaban J connectivity index is 0.000000110. The summed E-state index contributed by atoms with van der Waals surface area (Å²) in [5.74, 6) is 4.61. The molecule has 0 aliphatic heterocycles. The van der Waals surface area contributed by atoms with Gasteiger partial charge in [-0.2, -0.15) is 0 Å². The van der Waals surface area contributed by atoms with Gasteiger partial charge in [0.05, 0.1) is 11.4 Å². The molecule has 26 rings (SSSR count). The van der Waals surface area contributed by atoms with Crippen LogP contribution in [0.25, 0.3) is 224 Å². The van der Waals surface area contributed by atoms with Crippen LogP contribution in [0.3, 0.4) is 0 Å². The zero-order valence-corrected chi connectivity index (χ0v) is 73.4. The van der Waals surface area contributed by atoms with Gasteiger partial charge in [-0.05, 0) is 174 Å². The molecule has 0 radical (unpaired) electrons. The Hall–Kier alpha value is -16.8. The molecular formula is C121H84N8O3. The first-order valence-corrected chi connectivity index (χ1v) is 44.9. The molecule has 0 atom stereocenters. The molecule has 0 fully saturated rings. The van der Waals surface area contributed by atoms with Gasteiger partial charge in [0.25, 0.3) is 0 Å². The lowest BCUT2D eigenvalue weighted by atomic mass is 9.82. The van der Waals surface area contributed by atoms with Gasteiger partial charge >= 0.3 is 0 Å². The van der Waals surface area contributed by atoms with E-state index in [1.54, 1.807) is 0 Å². The van der Waals surface area contributed by atoms with Crippen molar-refractivity contribution in [1.82, 2.24) is 39.9 Å². The Morgan fingerprint density at radius 1 is 0.152 bits per heavy atom. The van der Waals surface area contributed by atoms with Crippen molar-refractivity contribution >= 4 is 65.8 Å². The van der Waals surface area contributed by atoms with Crippen LogP contribution in [0.4, 0.5) is 0 Å². The third-order valence-corrected chi connectivity index (χ3v) is 27.0. The summed E-state index contributed by atoms with van der Waals surface area (Å²) < 4.78 is 19.2. The Morgan fingerprint density at radius 2 is 0.371 bits per heavy atom. The van der Waals surface area contributed by atoms with Gasteiger partial charge in [-0.3, -0.25) is 0 Å². The fourth-order valence-corrected chi connectivity index (χ4v) is 20.0. The minimum absolute atomic E-state index is 0.0562. The van der Waals surface area contributed by atoms with E-state index in [9.17, 15) is 0 Å². The van der Waals surface area contributed by atoms with Crippen molar-refractivity contribution in [2.24, 2.45) is 0 Å². The number of hydrogen-bond donors (Lipinski definition) is 0. The third kappa shape index (κ3) is 13.7. The van der Waals surface area contributed by atoms with Gasteiger partial charge in [-0.15, -0.1) is 0 Å². The molecule has 0 amide bonds. The first kappa shape index (κ1) is 78.7. The molecule has 0 unspecified atom stereocenters. The first-order valence-electron chi connectivity index (χ1n) is 44.9. The number of fused-ring (bicyclic) bond motifs is 18. The molecule has 11 heteroatoms. The van der Waals surface area contributed by atoms with Crippen molar-refractivity contribution in [3.05, 3.63) is 434 Å². The largest absolute Gasteiger partial charge is 0.456 e. The highest BCUT2D eigenvalue weighted by atomic mass is 16.3. The average Bonchev–Trinajstić information content (AvgIpc) is 1.57. The summed E-state index contributed by atoms with van der Waals surface area (Å²) in [7, 11) is 0. The van der Waals surface area contributed by atoms with Crippen molar-refractivity contribution < 1.29 is 13.3 Å². The zero-order chi connectivity index (χ0) is 88.5. The minimum Gasteiger partial charge on any atom is -0.456 e. The van der Waals surface area contributed by atoms with Crippen LogP contribution in [0.1, 0.15) is 74.9 Å². The molecule has 0 N–H and O–H groups in total. The predicted molar refractivity (Wildman–Crippen MR) is 536 cm³/mol. The lowest BCUT2D eigenvalue weighted by Crippen LogP contribution is -2.14. The van der Waals surface area contributed by atoms with E-state index >= 15 is 0 Å². The zero-order valence-electron chi connectivity index (χ0n) is 73.4. The Bertz CT molecular complexity index is 7980. The number of nitrogens with zero attached hydrogens (tertiary/aromatic N) is 8. The maximum atomic E-state index is 6.42. The molecule has 6 heterocycles. The van der Waals surface area contributed by atoms with E-state index in [4.69, 9.17) is 53.1 Å². The highest BCUT2D eigenvalue weighted by Gasteiger charge is 2.39. The van der Waals surface area contributed by atoms with Gasteiger partial charge in [0.2, 0.25) is 0 Å². The van der Waals surface area contributed by atoms with Gasteiger partial charge in [0, 0.05) is 98.6 Å². The highest BCUT2D eigenvalue weighted by Crippen LogP contribution is 2.55. The second-order valence-corrected chi connectivity index (χ2v) is 36.1. The molecule has 23 aromatic rings. The Kier molecular flexibility index (Phi) is 18.7. The van der Waals surface area contributed by atoms with Crippen LogP contribution in [-0.2, 0) is 16.2 Å². The molecule has 3 aliphatic carbocycles. The fraction of sp³-hybridized carbons (Fsp3) is 0.0744. The maximum Gasteiger partial charge on any atom is 0.164 e. The Morgan fingerprint density at radius 3 is 0.689 bits per heavy atom. The van der Waals surface area contributed by atoms with E-state index in [1.807, 2.05) is 170 Å². The quantitative estimate of drug-likeness (QED) is 0.122. The normalized spacial score (nSPS) is 13.3. The molecular weight excluding hydrogens is 1610 g/mol.